The molecule has 0 spiro atoms. The minimum atomic E-state index is -0.345. The van der Waals surface area contributed by atoms with E-state index in [2.05, 4.69) is 25.9 Å². The number of nitrogens with zero attached hydrogens (tertiary/aromatic N) is 3. The molecule has 3 rings (SSSR count). The molecule has 1 aromatic carbocycles. The second-order valence-corrected chi connectivity index (χ2v) is 4.62. The maximum absolute atomic E-state index is 13.6. The fourth-order valence-corrected chi connectivity index (χ4v) is 2.09. The average molecular weight is 307 g/mol. The van der Waals surface area contributed by atoms with Crippen molar-refractivity contribution in [2.24, 2.45) is 0 Å². The Bertz CT molecular complexity index is 738. The maximum Gasteiger partial charge on any atom is 0.205 e. The van der Waals surface area contributed by atoms with Gasteiger partial charge < -0.3 is 5.73 Å². The Kier molecular flexibility index (Phi) is 2.52. The van der Waals surface area contributed by atoms with Crippen LogP contribution in [-0.4, -0.2) is 14.5 Å². The molecule has 2 aromatic heterocycles. The van der Waals surface area contributed by atoms with E-state index in [1.165, 1.54) is 6.07 Å². The summed E-state index contributed by atoms with van der Waals surface area (Å²) < 4.78 is 15.7. The molecule has 0 aliphatic heterocycles. The second-order valence-electron chi connectivity index (χ2n) is 3.77. The predicted octanol–water partition coefficient (Wildman–Crippen LogP) is 2.90. The van der Waals surface area contributed by atoms with Crippen molar-refractivity contribution in [1.29, 1.82) is 0 Å². The van der Waals surface area contributed by atoms with Crippen LogP contribution in [0.15, 0.2) is 41.1 Å². The van der Waals surface area contributed by atoms with Gasteiger partial charge in [-0.15, -0.1) is 0 Å². The fourth-order valence-electron chi connectivity index (χ4n) is 1.85. The van der Waals surface area contributed by atoms with Crippen LogP contribution in [0.5, 0.6) is 0 Å². The molecule has 2 N–H and O–H groups in total. The van der Waals surface area contributed by atoms with Crippen molar-refractivity contribution in [2.75, 3.05) is 5.73 Å². The van der Waals surface area contributed by atoms with E-state index in [-0.39, 0.29) is 5.82 Å². The molecule has 0 atom stereocenters. The Labute approximate surface area is 110 Å². The number of anilines is 1. The maximum atomic E-state index is 13.6. The van der Waals surface area contributed by atoms with Crippen molar-refractivity contribution in [3.63, 3.8) is 0 Å². The third kappa shape index (κ3) is 1.65. The number of nitrogen functional groups attached to an aromatic ring is 1. The van der Waals surface area contributed by atoms with Crippen LogP contribution in [0, 0.1) is 5.82 Å². The van der Waals surface area contributed by atoms with Gasteiger partial charge in [-0.2, -0.15) is 0 Å². The lowest BCUT2D eigenvalue weighted by Gasteiger charge is -2.07. The van der Waals surface area contributed by atoms with Crippen LogP contribution in [0.3, 0.4) is 0 Å². The van der Waals surface area contributed by atoms with Crippen LogP contribution in [0.25, 0.3) is 16.7 Å². The number of hydrogen-bond donors (Lipinski definition) is 1. The number of imidazole rings is 1. The zero-order valence-electron chi connectivity index (χ0n) is 9.14. The largest absolute Gasteiger partial charge is 0.369 e. The number of pyridine rings is 1. The first-order valence-corrected chi connectivity index (χ1v) is 5.99. The van der Waals surface area contributed by atoms with E-state index in [0.29, 0.717) is 21.6 Å². The van der Waals surface area contributed by atoms with Crippen LogP contribution >= 0.6 is 15.9 Å². The van der Waals surface area contributed by atoms with E-state index in [4.69, 9.17) is 5.73 Å². The summed E-state index contributed by atoms with van der Waals surface area (Å²) in [5.41, 5.74) is 7.96. The number of nitrogens with two attached hydrogens (primary N) is 1. The third-order valence-electron chi connectivity index (χ3n) is 2.64. The van der Waals surface area contributed by atoms with E-state index < -0.39 is 0 Å². The molecule has 0 radical (unpaired) electrons. The average Bonchev–Trinajstić information content (AvgIpc) is 2.69. The van der Waals surface area contributed by atoms with Gasteiger partial charge in [-0.1, -0.05) is 0 Å². The standard InChI is InChI=1S/C12H8BrFN4/c13-8-2-1-7(5-9(8)14)18-11-3-4-16-6-10(11)17-12(18)15/h1-6H,(H2,15,17). The van der Waals surface area contributed by atoms with Gasteiger partial charge in [0.05, 0.1) is 21.9 Å². The Balaban J connectivity index is 2.30. The van der Waals surface area contributed by atoms with E-state index in [1.54, 1.807) is 35.2 Å². The molecule has 3 aromatic rings. The lowest BCUT2D eigenvalue weighted by atomic mass is 10.3. The Morgan fingerprint density at radius 2 is 2.11 bits per heavy atom. The zero-order chi connectivity index (χ0) is 12.7. The van der Waals surface area contributed by atoms with Crippen molar-refractivity contribution < 1.29 is 4.39 Å². The first kappa shape index (κ1) is 11.2. The number of hydrogen-bond acceptors (Lipinski definition) is 3. The van der Waals surface area contributed by atoms with Gasteiger partial charge >= 0.3 is 0 Å². The number of aromatic nitrogens is 3. The second kappa shape index (κ2) is 4.06. The first-order chi connectivity index (χ1) is 8.66. The highest BCUT2D eigenvalue weighted by Gasteiger charge is 2.11. The normalized spacial score (nSPS) is 11.0. The zero-order valence-corrected chi connectivity index (χ0v) is 10.7. The van der Waals surface area contributed by atoms with Crippen LogP contribution in [0.1, 0.15) is 0 Å². The molecule has 0 aliphatic rings. The first-order valence-electron chi connectivity index (χ1n) is 5.20. The van der Waals surface area contributed by atoms with Gasteiger partial charge in [0.25, 0.3) is 0 Å². The van der Waals surface area contributed by atoms with Gasteiger partial charge in [-0.05, 0) is 40.2 Å². The van der Waals surface area contributed by atoms with Crippen molar-refractivity contribution >= 4 is 32.9 Å². The molecule has 0 amide bonds. The van der Waals surface area contributed by atoms with Gasteiger partial charge in [0.1, 0.15) is 11.3 Å². The number of rotatable bonds is 1. The van der Waals surface area contributed by atoms with Gasteiger partial charge in [0.2, 0.25) is 5.95 Å². The van der Waals surface area contributed by atoms with Crippen molar-refractivity contribution in [3.05, 3.63) is 46.9 Å². The lowest BCUT2D eigenvalue weighted by Crippen LogP contribution is -2.01. The molecule has 90 valence electrons. The molecule has 0 bridgehead atoms. The molecule has 0 saturated heterocycles. The molecule has 0 fully saturated rings. The Morgan fingerprint density at radius 1 is 1.28 bits per heavy atom. The van der Waals surface area contributed by atoms with E-state index in [0.717, 1.165) is 5.52 Å². The molecule has 0 saturated carbocycles. The van der Waals surface area contributed by atoms with Crippen molar-refractivity contribution in [1.82, 2.24) is 14.5 Å². The quantitative estimate of drug-likeness (QED) is 0.752. The summed E-state index contributed by atoms with van der Waals surface area (Å²) in [5, 5.41) is 0. The van der Waals surface area contributed by atoms with Crippen LogP contribution < -0.4 is 5.73 Å². The molecular formula is C12H8BrFN4. The van der Waals surface area contributed by atoms with Crippen molar-refractivity contribution in [2.45, 2.75) is 0 Å². The van der Waals surface area contributed by atoms with Gasteiger partial charge in [-0.25, -0.2) is 9.37 Å². The SMILES string of the molecule is Nc1nc2cnccc2n1-c1ccc(Br)c(F)c1. The topological polar surface area (TPSA) is 56.7 Å². The number of halogens is 2. The van der Waals surface area contributed by atoms with Gasteiger partial charge in [-0.3, -0.25) is 9.55 Å². The summed E-state index contributed by atoms with van der Waals surface area (Å²) in [4.78, 5) is 8.17. The minimum Gasteiger partial charge on any atom is -0.369 e. The smallest absolute Gasteiger partial charge is 0.205 e. The summed E-state index contributed by atoms with van der Waals surface area (Å²) in [6.07, 6.45) is 3.27. The van der Waals surface area contributed by atoms with Crippen molar-refractivity contribution in [3.8, 4) is 5.69 Å². The highest BCUT2D eigenvalue weighted by atomic mass is 79.9. The van der Waals surface area contributed by atoms with Crippen LogP contribution in [0.2, 0.25) is 0 Å². The Morgan fingerprint density at radius 3 is 2.89 bits per heavy atom. The van der Waals surface area contributed by atoms with E-state index >= 15 is 0 Å². The Hall–Kier alpha value is -1.95. The molecule has 2 heterocycles. The number of fused-ring (bicyclic) bond motifs is 1. The van der Waals surface area contributed by atoms with Crippen LogP contribution in [-0.2, 0) is 0 Å². The lowest BCUT2D eigenvalue weighted by molar-refractivity contribution is 0.620. The van der Waals surface area contributed by atoms with Crippen LogP contribution in [0.4, 0.5) is 10.3 Å². The van der Waals surface area contributed by atoms with E-state index in [9.17, 15) is 4.39 Å². The summed E-state index contributed by atoms with van der Waals surface area (Å²) in [6.45, 7) is 0. The van der Waals surface area contributed by atoms with E-state index in [1.807, 2.05) is 0 Å². The molecule has 6 heteroatoms. The summed E-state index contributed by atoms with van der Waals surface area (Å²) >= 11 is 3.12. The monoisotopic (exact) mass is 306 g/mol. The van der Waals surface area contributed by atoms with Gasteiger partial charge in [0, 0.05) is 6.20 Å². The predicted molar refractivity (Wildman–Crippen MR) is 70.9 cm³/mol. The molecule has 0 aliphatic carbocycles. The summed E-state index contributed by atoms with van der Waals surface area (Å²) in [7, 11) is 0. The molecule has 18 heavy (non-hydrogen) atoms. The highest BCUT2D eigenvalue weighted by Crippen LogP contribution is 2.25. The number of benzene rings is 1. The molecule has 4 nitrogen and oxygen atoms in total. The minimum absolute atomic E-state index is 0.305. The molecular weight excluding hydrogens is 299 g/mol. The fraction of sp³-hybridized carbons (Fsp3) is 0. The van der Waals surface area contributed by atoms with Gasteiger partial charge in [0.15, 0.2) is 0 Å². The highest BCUT2D eigenvalue weighted by molar-refractivity contribution is 9.10. The summed E-state index contributed by atoms with van der Waals surface area (Å²) in [5.74, 6) is -0.0393. The molecule has 0 unspecified atom stereocenters. The third-order valence-corrected chi connectivity index (χ3v) is 3.29. The summed E-state index contributed by atoms with van der Waals surface area (Å²) in [6, 6.07) is 6.60.